The molecule has 1 heterocycles. The van der Waals surface area contributed by atoms with Crippen molar-refractivity contribution in [2.24, 2.45) is 7.05 Å². The molecule has 0 radical (unpaired) electrons. The number of aromatic nitrogens is 2. The average molecular weight is 328 g/mol. The molecule has 1 unspecified atom stereocenters. The number of hydrogen-bond donors (Lipinski definition) is 0. The Bertz CT molecular complexity index is 717. The van der Waals surface area contributed by atoms with Gasteiger partial charge in [0.15, 0.2) is 0 Å². The molecule has 0 amide bonds. The molecule has 0 bridgehead atoms. The van der Waals surface area contributed by atoms with Gasteiger partial charge in [0, 0.05) is 18.8 Å². The van der Waals surface area contributed by atoms with E-state index in [9.17, 15) is 4.79 Å². The van der Waals surface area contributed by atoms with Gasteiger partial charge in [0.2, 0.25) is 5.82 Å². The quantitative estimate of drug-likeness (QED) is 0.569. The minimum absolute atomic E-state index is 0.274. The van der Waals surface area contributed by atoms with Crippen LogP contribution in [0.2, 0.25) is 0 Å². The molecule has 1 aromatic carbocycles. The van der Waals surface area contributed by atoms with Gasteiger partial charge in [-0.05, 0) is 43.2 Å². The number of nitrogens with zero attached hydrogens (tertiary/aromatic N) is 2. The SMILES string of the molecule is C=C(C)C(CCC)OC(=O)c1nc(-c2ccc(OC)cc2)cn1C. The number of rotatable bonds is 7. The van der Waals surface area contributed by atoms with Crippen LogP contribution in [0.25, 0.3) is 11.3 Å². The second-order valence-electron chi connectivity index (χ2n) is 5.82. The maximum Gasteiger partial charge on any atom is 0.375 e. The summed E-state index contributed by atoms with van der Waals surface area (Å²) in [7, 11) is 3.41. The summed E-state index contributed by atoms with van der Waals surface area (Å²) in [5.41, 5.74) is 2.47. The van der Waals surface area contributed by atoms with Gasteiger partial charge in [-0.25, -0.2) is 9.78 Å². The van der Waals surface area contributed by atoms with E-state index in [0.717, 1.165) is 35.4 Å². The van der Waals surface area contributed by atoms with Crippen molar-refractivity contribution in [1.29, 1.82) is 0 Å². The zero-order chi connectivity index (χ0) is 17.7. The van der Waals surface area contributed by atoms with E-state index in [4.69, 9.17) is 9.47 Å². The molecule has 0 aliphatic heterocycles. The number of carbonyl (C=O) groups is 1. The zero-order valence-electron chi connectivity index (χ0n) is 14.7. The van der Waals surface area contributed by atoms with E-state index in [-0.39, 0.29) is 11.9 Å². The second kappa shape index (κ2) is 7.81. The van der Waals surface area contributed by atoms with Gasteiger partial charge in [-0.3, -0.25) is 0 Å². The van der Waals surface area contributed by atoms with Crippen LogP contribution in [0.5, 0.6) is 5.75 Å². The van der Waals surface area contributed by atoms with Crippen molar-refractivity contribution in [2.75, 3.05) is 7.11 Å². The van der Waals surface area contributed by atoms with Gasteiger partial charge in [-0.15, -0.1) is 0 Å². The molecular formula is C19H24N2O3. The molecule has 0 saturated heterocycles. The molecule has 24 heavy (non-hydrogen) atoms. The lowest BCUT2D eigenvalue weighted by molar-refractivity contribution is 0.0340. The van der Waals surface area contributed by atoms with E-state index in [1.807, 2.05) is 44.3 Å². The first-order valence-corrected chi connectivity index (χ1v) is 8.00. The highest BCUT2D eigenvalue weighted by Crippen LogP contribution is 2.22. The standard InChI is InChI=1S/C19H24N2O3/c1-6-7-17(13(2)3)24-19(22)18-20-16(12-21(18)4)14-8-10-15(23-5)11-9-14/h8-12,17H,2,6-7H2,1,3-5H3. The molecule has 0 saturated carbocycles. The monoisotopic (exact) mass is 328 g/mol. The first-order chi connectivity index (χ1) is 11.5. The van der Waals surface area contributed by atoms with Gasteiger partial charge in [-0.1, -0.05) is 19.9 Å². The summed E-state index contributed by atoms with van der Waals surface area (Å²) >= 11 is 0. The van der Waals surface area contributed by atoms with Gasteiger partial charge in [0.05, 0.1) is 12.8 Å². The van der Waals surface area contributed by atoms with Crippen LogP contribution in [-0.2, 0) is 11.8 Å². The fourth-order valence-corrected chi connectivity index (χ4v) is 2.41. The minimum Gasteiger partial charge on any atom is -0.497 e. The molecule has 128 valence electrons. The fraction of sp³-hybridized carbons (Fsp3) is 0.368. The van der Waals surface area contributed by atoms with Crippen LogP contribution in [0, 0.1) is 0 Å². The van der Waals surface area contributed by atoms with Crippen LogP contribution >= 0.6 is 0 Å². The summed E-state index contributed by atoms with van der Waals surface area (Å²) in [6.45, 7) is 7.81. The predicted molar refractivity (Wildman–Crippen MR) is 94.1 cm³/mol. The van der Waals surface area contributed by atoms with E-state index >= 15 is 0 Å². The molecule has 5 nitrogen and oxygen atoms in total. The maximum absolute atomic E-state index is 12.4. The van der Waals surface area contributed by atoms with Crippen molar-refractivity contribution >= 4 is 5.97 Å². The number of imidazole rings is 1. The third-order valence-corrected chi connectivity index (χ3v) is 3.79. The van der Waals surface area contributed by atoms with Crippen molar-refractivity contribution < 1.29 is 14.3 Å². The third kappa shape index (κ3) is 4.04. The highest BCUT2D eigenvalue weighted by atomic mass is 16.5. The molecule has 1 aromatic heterocycles. The average Bonchev–Trinajstić information content (AvgIpc) is 2.96. The van der Waals surface area contributed by atoms with E-state index in [1.54, 1.807) is 18.7 Å². The first-order valence-electron chi connectivity index (χ1n) is 8.00. The summed E-state index contributed by atoms with van der Waals surface area (Å²) in [6, 6.07) is 7.54. The number of ether oxygens (including phenoxy) is 2. The Kier molecular flexibility index (Phi) is 5.79. The summed E-state index contributed by atoms with van der Waals surface area (Å²) in [5, 5.41) is 0. The van der Waals surface area contributed by atoms with Crippen LogP contribution in [0.3, 0.4) is 0 Å². The summed E-state index contributed by atoms with van der Waals surface area (Å²) < 4.78 is 12.4. The lowest BCUT2D eigenvalue weighted by Gasteiger charge is -2.16. The van der Waals surface area contributed by atoms with Crippen LogP contribution in [0.15, 0.2) is 42.6 Å². The highest BCUT2D eigenvalue weighted by Gasteiger charge is 2.21. The van der Waals surface area contributed by atoms with Gasteiger partial charge in [0.25, 0.3) is 0 Å². The topological polar surface area (TPSA) is 53.4 Å². The number of benzene rings is 1. The number of carbonyl (C=O) groups excluding carboxylic acids is 1. The molecular weight excluding hydrogens is 304 g/mol. The Labute approximate surface area is 142 Å². The fourth-order valence-electron chi connectivity index (χ4n) is 2.41. The Morgan fingerprint density at radius 3 is 2.54 bits per heavy atom. The maximum atomic E-state index is 12.4. The summed E-state index contributed by atoms with van der Waals surface area (Å²) in [4.78, 5) is 16.9. The van der Waals surface area contributed by atoms with E-state index in [2.05, 4.69) is 11.6 Å². The van der Waals surface area contributed by atoms with E-state index in [0.29, 0.717) is 0 Å². The van der Waals surface area contributed by atoms with Crippen LogP contribution in [0.4, 0.5) is 0 Å². The van der Waals surface area contributed by atoms with Crippen molar-refractivity contribution in [1.82, 2.24) is 9.55 Å². The number of esters is 1. The van der Waals surface area contributed by atoms with Crippen LogP contribution in [-0.4, -0.2) is 28.7 Å². The Balaban J connectivity index is 2.20. The largest absolute Gasteiger partial charge is 0.497 e. The molecule has 2 rings (SSSR count). The highest BCUT2D eigenvalue weighted by molar-refractivity contribution is 5.87. The minimum atomic E-state index is -0.432. The zero-order valence-corrected chi connectivity index (χ0v) is 14.7. The summed E-state index contributed by atoms with van der Waals surface area (Å²) in [5.74, 6) is 0.625. The van der Waals surface area contributed by atoms with Gasteiger partial charge >= 0.3 is 5.97 Å². The third-order valence-electron chi connectivity index (χ3n) is 3.79. The van der Waals surface area contributed by atoms with Crippen molar-refractivity contribution in [3.05, 3.63) is 48.4 Å². The molecule has 0 aliphatic carbocycles. The lowest BCUT2D eigenvalue weighted by Crippen LogP contribution is -2.21. The van der Waals surface area contributed by atoms with Crippen molar-refractivity contribution in [3.8, 4) is 17.0 Å². The first kappa shape index (κ1) is 17.8. The van der Waals surface area contributed by atoms with Gasteiger partial charge in [-0.2, -0.15) is 0 Å². The lowest BCUT2D eigenvalue weighted by atomic mass is 10.1. The second-order valence-corrected chi connectivity index (χ2v) is 5.82. The van der Waals surface area contributed by atoms with Crippen LogP contribution < -0.4 is 4.74 Å². The van der Waals surface area contributed by atoms with Crippen LogP contribution in [0.1, 0.15) is 37.3 Å². The molecule has 0 fully saturated rings. The molecule has 5 heteroatoms. The van der Waals surface area contributed by atoms with Gasteiger partial charge in [0.1, 0.15) is 11.9 Å². The molecule has 0 aliphatic rings. The van der Waals surface area contributed by atoms with Gasteiger partial charge < -0.3 is 14.0 Å². The number of hydrogen-bond acceptors (Lipinski definition) is 4. The molecule has 0 spiro atoms. The smallest absolute Gasteiger partial charge is 0.375 e. The molecule has 2 aromatic rings. The Hall–Kier alpha value is -2.56. The number of methoxy groups -OCH3 is 1. The Morgan fingerprint density at radius 1 is 1.33 bits per heavy atom. The van der Waals surface area contributed by atoms with Crippen molar-refractivity contribution in [3.63, 3.8) is 0 Å². The predicted octanol–water partition coefficient (Wildman–Crippen LogP) is 4.00. The van der Waals surface area contributed by atoms with E-state index in [1.165, 1.54) is 0 Å². The number of aryl methyl sites for hydroxylation is 1. The van der Waals surface area contributed by atoms with Crippen molar-refractivity contribution in [2.45, 2.75) is 32.8 Å². The summed E-state index contributed by atoms with van der Waals surface area (Å²) in [6.07, 6.45) is 3.22. The normalized spacial score (nSPS) is 11.8. The van der Waals surface area contributed by atoms with E-state index < -0.39 is 5.97 Å². The molecule has 1 atom stereocenters. The molecule has 0 N–H and O–H groups in total. The Morgan fingerprint density at radius 2 is 2.00 bits per heavy atom.